The van der Waals surface area contributed by atoms with Crippen molar-refractivity contribution in [3.63, 3.8) is 0 Å². The molecule has 2 aromatic heterocycles. The number of rotatable bonds is 6. The Bertz CT molecular complexity index is 642. The van der Waals surface area contributed by atoms with Crippen LogP contribution in [0.4, 0.5) is 0 Å². The largest absolute Gasteiger partial charge is 0.466 e. The van der Waals surface area contributed by atoms with Gasteiger partial charge in [0.25, 0.3) is 5.91 Å². The summed E-state index contributed by atoms with van der Waals surface area (Å²) in [5, 5.41) is 0. The number of hydrogen-bond donors (Lipinski definition) is 1. The predicted octanol–water partition coefficient (Wildman–Crippen LogP) is 2.13. The molecular weight excluding hydrogens is 280 g/mol. The van der Waals surface area contributed by atoms with E-state index in [9.17, 15) is 4.79 Å². The molecule has 6 nitrogen and oxygen atoms in total. The highest BCUT2D eigenvalue weighted by molar-refractivity contribution is 5.95. The molecule has 0 saturated carbocycles. The van der Waals surface area contributed by atoms with Crippen LogP contribution < -0.4 is 0 Å². The number of aromatic nitrogens is 2. The molecule has 0 saturated heterocycles. The summed E-state index contributed by atoms with van der Waals surface area (Å²) in [7, 11) is 3.99. The van der Waals surface area contributed by atoms with E-state index in [1.54, 1.807) is 12.3 Å². The van der Waals surface area contributed by atoms with Crippen molar-refractivity contribution in [1.82, 2.24) is 19.8 Å². The Morgan fingerprint density at radius 2 is 2.00 bits per heavy atom. The predicted molar refractivity (Wildman–Crippen MR) is 84.8 cm³/mol. The minimum Gasteiger partial charge on any atom is -0.466 e. The van der Waals surface area contributed by atoms with Crippen LogP contribution in [0.1, 0.15) is 33.4 Å². The molecule has 1 N–H and O–H groups in total. The molecule has 0 aliphatic carbocycles. The number of furan rings is 1. The van der Waals surface area contributed by atoms with Crippen LogP contribution in [0, 0.1) is 20.8 Å². The fourth-order valence-corrected chi connectivity index (χ4v) is 2.34. The molecule has 0 spiro atoms. The summed E-state index contributed by atoms with van der Waals surface area (Å²) in [5.74, 6) is 2.26. The third kappa shape index (κ3) is 3.98. The quantitative estimate of drug-likeness (QED) is 0.888. The van der Waals surface area contributed by atoms with Gasteiger partial charge < -0.3 is 19.2 Å². The summed E-state index contributed by atoms with van der Waals surface area (Å²) >= 11 is 0. The Hall–Kier alpha value is -2.08. The highest BCUT2D eigenvalue weighted by atomic mass is 16.3. The number of nitrogens with one attached hydrogen (secondary N) is 1. The Morgan fingerprint density at radius 1 is 1.27 bits per heavy atom. The smallest absolute Gasteiger partial charge is 0.257 e. The maximum atomic E-state index is 12.8. The van der Waals surface area contributed by atoms with Crippen LogP contribution in [-0.2, 0) is 6.54 Å². The zero-order valence-corrected chi connectivity index (χ0v) is 13.9. The van der Waals surface area contributed by atoms with Crippen LogP contribution in [0.2, 0.25) is 0 Å². The lowest BCUT2D eigenvalue weighted by atomic mass is 10.2. The van der Waals surface area contributed by atoms with Gasteiger partial charge in [-0.15, -0.1) is 0 Å². The van der Waals surface area contributed by atoms with Crippen molar-refractivity contribution in [3.05, 3.63) is 40.9 Å². The van der Waals surface area contributed by atoms with Crippen LogP contribution in [0.5, 0.6) is 0 Å². The number of imidazole rings is 1. The fourth-order valence-electron chi connectivity index (χ4n) is 2.34. The summed E-state index contributed by atoms with van der Waals surface area (Å²) < 4.78 is 5.49. The van der Waals surface area contributed by atoms with Crippen molar-refractivity contribution in [2.75, 3.05) is 27.2 Å². The molecule has 22 heavy (non-hydrogen) atoms. The maximum absolute atomic E-state index is 12.8. The monoisotopic (exact) mass is 304 g/mol. The SMILES string of the molecule is Cc1ncc(CN(CCN(C)C)C(=O)c2cc(C)oc2C)[nH]1. The zero-order valence-electron chi connectivity index (χ0n) is 13.9. The lowest BCUT2D eigenvalue weighted by Crippen LogP contribution is -2.36. The highest BCUT2D eigenvalue weighted by Crippen LogP contribution is 2.17. The first-order chi connectivity index (χ1) is 10.4. The van der Waals surface area contributed by atoms with Crippen molar-refractivity contribution in [2.45, 2.75) is 27.3 Å². The van der Waals surface area contributed by atoms with E-state index in [4.69, 9.17) is 4.42 Å². The Balaban J connectivity index is 2.19. The molecule has 2 heterocycles. The van der Waals surface area contributed by atoms with Gasteiger partial charge in [0.15, 0.2) is 0 Å². The van der Waals surface area contributed by atoms with Crippen LogP contribution in [-0.4, -0.2) is 52.9 Å². The van der Waals surface area contributed by atoms with E-state index in [0.29, 0.717) is 24.4 Å². The number of amides is 1. The van der Waals surface area contributed by atoms with Gasteiger partial charge in [-0.25, -0.2) is 4.98 Å². The van der Waals surface area contributed by atoms with Gasteiger partial charge in [-0.05, 0) is 40.9 Å². The number of hydrogen-bond acceptors (Lipinski definition) is 4. The molecule has 0 bridgehead atoms. The number of carbonyl (C=O) groups excluding carboxylic acids is 1. The lowest BCUT2D eigenvalue weighted by Gasteiger charge is -2.23. The van der Waals surface area contributed by atoms with Crippen LogP contribution in [0.3, 0.4) is 0 Å². The first-order valence-corrected chi connectivity index (χ1v) is 7.38. The fraction of sp³-hybridized carbons (Fsp3) is 0.500. The second-order valence-electron chi connectivity index (χ2n) is 5.85. The van der Waals surface area contributed by atoms with Crippen molar-refractivity contribution in [1.29, 1.82) is 0 Å². The first kappa shape index (κ1) is 16.3. The zero-order chi connectivity index (χ0) is 16.3. The molecule has 0 aliphatic heterocycles. The molecule has 0 atom stereocenters. The van der Waals surface area contributed by atoms with Gasteiger partial charge in [-0.2, -0.15) is 0 Å². The summed E-state index contributed by atoms with van der Waals surface area (Å²) in [5.41, 5.74) is 1.56. The molecule has 2 aromatic rings. The number of carbonyl (C=O) groups is 1. The first-order valence-electron chi connectivity index (χ1n) is 7.38. The molecule has 6 heteroatoms. The lowest BCUT2D eigenvalue weighted by molar-refractivity contribution is 0.0728. The molecule has 2 rings (SSSR count). The maximum Gasteiger partial charge on any atom is 0.257 e. The van der Waals surface area contributed by atoms with Crippen molar-refractivity contribution in [3.8, 4) is 0 Å². The van der Waals surface area contributed by atoms with Crippen LogP contribution >= 0.6 is 0 Å². The van der Waals surface area contributed by atoms with Crippen molar-refractivity contribution < 1.29 is 9.21 Å². The van der Waals surface area contributed by atoms with E-state index >= 15 is 0 Å². The van der Waals surface area contributed by atoms with Gasteiger partial charge in [0.2, 0.25) is 0 Å². The van der Waals surface area contributed by atoms with Crippen molar-refractivity contribution in [2.24, 2.45) is 0 Å². The number of likely N-dealkylation sites (N-methyl/N-ethyl adjacent to an activating group) is 1. The second kappa shape index (κ2) is 6.79. The second-order valence-corrected chi connectivity index (χ2v) is 5.85. The van der Waals surface area contributed by atoms with Gasteiger partial charge in [-0.3, -0.25) is 4.79 Å². The summed E-state index contributed by atoms with van der Waals surface area (Å²) in [6, 6.07) is 1.80. The Morgan fingerprint density at radius 3 is 2.50 bits per heavy atom. The summed E-state index contributed by atoms with van der Waals surface area (Å²) in [6.45, 7) is 7.54. The van der Waals surface area contributed by atoms with E-state index in [-0.39, 0.29) is 5.91 Å². The van der Waals surface area contributed by atoms with Gasteiger partial charge >= 0.3 is 0 Å². The Kier molecular flexibility index (Phi) is 5.03. The molecule has 0 aromatic carbocycles. The van der Waals surface area contributed by atoms with Crippen LogP contribution in [0.25, 0.3) is 0 Å². The van der Waals surface area contributed by atoms with Gasteiger partial charge in [-0.1, -0.05) is 0 Å². The number of aromatic amines is 1. The van der Waals surface area contributed by atoms with E-state index in [2.05, 4.69) is 14.9 Å². The van der Waals surface area contributed by atoms with E-state index in [1.165, 1.54) is 0 Å². The summed E-state index contributed by atoms with van der Waals surface area (Å²) in [4.78, 5) is 24.1. The number of H-pyrrole nitrogens is 1. The van der Waals surface area contributed by atoms with Gasteiger partial charge in [0, 0.05) is 13.1 Å². The molecule has 0 fully saturated rings. The van der Waals surface area contributed by atoms with E-state index in [0.717, 1.165) is 23.8 Å². The normalized spacial score (nSPS) is 11.2. The minimum absolute atomic E-state index is 0.0107. The third-order valence-corrected chi connectivity index (χ3v) is 3.49. The average Bonchev–Trinajstić information content (AvgIpc) is 2.99. The van der Waals surface area contributed by atoms with E-state index < -0.39 is 0 Å². The molecule has 120 valence electrons. The van der Waals surface area contributed by atoms with Crippen LogP contribution in [0.15, 0.2) is 16.7 Å². The topological polar surface area (TPSA) is 65.4 Å². The van der Waals surface area contributed by atoms with Gasteiger partial charge in [0.05, 0.1) is 24.0 Å². The van der Waals surface area contributed by atoms with Crippen molar-refractivity contribution >= 4 is 5.91 Å². The molecular formula is C16H24N4O2. The average molecular weight is 304 g/mol. The number of nitrogens with zero attached hydrogens (tertiary/aromatic N) is 3. The minimum atomic E-state index is -0.0107. The molecule has 0 unspecified atom stereocenters. The molecule has 0 radical (unpaired) electrons. The highest BCUT2D eigenvalue weighted by Gasteiger charge is 2.21. The molecule has 1 amide bonds. The Labute approximate surface area is 131 Å². The standard InChI is InChI=1S/C16H24N4O2/c1-11-8-15(12(2)22-11)16(21)20(7-6-19(4)5)10-14-9-17-13(3)18-14/h8-9H,6-7,10H2,1-5H3,(H,17,18). The van der Waals surface area contributed by atoms with E-state index in [1.807, 2.05) is 39.8 Å². The van der Waals surface area contributed by atoms with Gasteiger partial charge in [0.1, 0.15) is 17.3 Å². The molecule has 0 aliphatic rings. The number of aryl methyl sites for hydroxylation is 3. The third-order valence-electron chi connectivity index (χ3n) is 3.49. The summed E-state index contributed by atoms with van der Waals surface area (Å²) in [6.07, 6.45) is 1.78.